The molecule has 0 aromatic heterocycles. The molecule has 0 radical (unpaired) electrons. The third-order valence-electron chi connectivity index (χ3n) is 24.5. The fourth-order valence-corrected chi connectivity index (χ4v) is 18.8. The quantitative estimate of drug-likeness (QED) is 0.0438. The van der Waals surface area contributed by atoms with Gasteiger partial charge in [0.05, 0.1) is 63.6 Å². The summed E-state index contributed by atoms with van der Waals surface area (Å²) in [4.78, 5) is 15.5. The first-order valence-corrected chi connectivity index (χ1v) is 33.1. The van der Waals surface area contributed by atoms with Crippen LogP contribution in [0.4, 0.5) is 0 Å². The van der Waals surface area contributed by atoms with Gasteiger partial charge in [0, 0.05) is 5.41 Å². The molecule has 5 aliphatic carbocycles. The Morgan fingerprint density at radius 3 is 1.71 bits per heavy atom. The molecule has 11 aliphatic rings. The predicted octanol–water partition coefficient (Wildman–Crippen LogP) is -5.50. The Morgan fingerprint density at radius 2 is 1.05 bits per heavy atom. The molecule has 0 spiro atoms. The number of carbonyl (C=O) groups is 1. The molecule has 0 bridgehead atoms. The largest absolute Gasteiger partial charge is 0.432 e. The number of allylic oxidation sites excluding steroid dienone is 2. The van der Waals surface area contributed by atoms with E-state index in [-0.39, 0.29) is 36.5 Å². The van der Waals surface area contributed by atoms with Crippen molar-refractivity contribution in [1.82, 2.24) is 0 Å². The van der Waals surface area contributed by atoms with Gasteiger partial charge in [0.2, 0.25) is 6.29 Å². The normalized spacial score (nSPS) is 56.1. The van der Waals surface area contributed by atoms with Gasteiger partial charge >= 0.3 is 5.97 Å². The highest BCUT2D eigenvalue weighted by atomic mass is 16.8. The Labute approximate surface area is 543 Å². The molecule has 94 heavy (non-hydrogen) atoms. The van der Waals surface area contributed by atoms with E-state index >= 15 is 4.79 Å². The van der Waals surface area contributed by atoms with Crippen LogP contribution in [0.15, 0.2) is 11.6 Å². The van der Waals surface area contributed by atoms with E-state index in [2.05, 4.69) is 40.7 Å². The van der Waals surface area contributed by atoms with Crippen molar-refractivity contribution < 1.29 is 154 Å². The Balaban J connectivity index is 0.795. The van der Waals surface area contributed by atoms with E-state index in [1.54, 1.807) is 6.92 Å². The molecule has 0 amide bonds. The predicted molar refractivity (Wildman–Crippen MR) is 311 cm³/mol. The van der Waals surface area contributed by atoms with Crippen LogP contribution < -0.4 is 0 Å². The van der Waals surface area contributed by atoms with Crippen LogP contribution in [0, 0.1) is 50.2 Å². The Bertz CT molecular complexity index is 2660. The third kappa shape index (κ3) is 12.2. The SMILES string of the molecule is C[C@@H]1O[C@@H](O[C@@H]2[C@@H](OC(=O)[C@]34CCC(C)(C)C[C@H]3C3=CC[C@H]5[C@@]6(C)C[C@@H](O)[C@@H](O[C@@H]7O[C@@H](CO)[C@H](O)[C@H](O[C@H]8OC[C@@H](O)[C@H](O)[C@@H]8O)[C@H]7O)[C@@](C)(CO)[C@H]6CC[C@@]5(C)[C@@]3(C)C[C@@H]4O)OC[C@H](O)[C@@H]2O)[C@H](O)[C@@H](O)[C@@H]1O[C@@H]1OC[C@@H](O)[C@@H](O[C@H]2O[C@H](C)[C@@H](O)[C@H](O)[C@H]2O)[C@H]1O. The highest BCUT2D eigenvalue weighted by molar-refractivity contribution is 5.80. The lowest BCUT2D eigenvalue weighted by molar-refractivity contribution is -0.377. The molecule has 6 aliphatic heterocycles. The summed E-state index contributed by atoms with van der Waals surface area (Å²) >= 11 is 0. The van der Waals surface area contributed by atoms with E-state index in [0.29, 0.717) is 32.1 Å². The van der Waals surface area contributed by atoms with Crippen molar-refractivity contribution in [2.45, 2.75) is 291 Å². The van der Waals surface area contributed by atoms with Gasteiger partial charge in [-0.1, -0.05) is 53.2 Å². The molecular weight excluding hydrogens is 1250 g/mol. The van der Waals surface area contributed by atoms with Crippen LogP contribution in [0.2, 0.25) is 0 Å². The lowest BCUT2D eigenvalue weighted by Crippen LogP contribution is -2.71. The van der Waals surface area contributed by atoms with Crippen molar-refractivity contribution in [2.75, 3.05) is 33.0 Å². The molecule has 31 heteroatoms. The summed E-state index contributed by atoms with van der Waals surface area (Å²) in [6.07, 6.45) is -43.3. The van der Waals surface area contributed by atoms with E-state index in [9.17, 15) is 91.9 Å². The van der Waals surface area contributed by atoms with Crippen molar-refractivity contribution >= 4 is 5.97 Å². The fourth-order valence-electron chi connectivity index (χ4n) is 18.8. The van der Waals surface area contributed by atoms with Crippen LogP contribution in [-0.4, -0.2) is 315 Å². The molecule has 18 N–H and O–H groups in total. The van der Waals surface area contributed by atoms with Gasteiger partial charge in [0.15, 0.2) is 37.6 Å². The number of fused-ring (bicyclic) bond motifs is 7. The van der Waals surface area contributed by atoms with Gasteiger partial charge in [-0.2, -0.15) is 0 Å². The molecule has 31 nitrogen and oxygen atoms in total. The lowest BCUT2D eigenvalue weighted by Gasteiger charge is -2.72. The molecule has 38 atom stereocenters. The number of hydrogen-bond donors (Lipinski definition) is 18. The summed E-state index contributed by atoms with van der Waals surface area (Å²) in [5.74, 6) is -2.05. The zero-order valence-corrected chi connectivity index (χ0v) is 54.2. The minimum absolute atomic E-state index is 0.0855. The second kappa shape index (κ2) is 27.1. The number of aliphatic hydroxyl groups is 18. The number of rotatable bonds is 14. The van der Waals surface area contributed by atoms with Crippen molar-refractivity contribution in [3.05, 3.63) is 11.6 Å². The average molecular weight is 1360 g/mol. The number of esters is 1. The molecule has 0 aromatic rings. The number of hydrogen-bond acceptors (Lipinski definition) is 31. The topological polar surface area (TPSA) is 492 Å². The Hall–Kier alpha value is -1.95. The zero-order chi connectivity index (χ0) is 68.6. The van der Waals surface area contributed by atoms with Crippen molar-refractivity contribution in [1.29, 1.82) is 0 Å². The minimum Gasteiger partial charge on any atom is -0.432 e. The summed E-state index contributed by atoms with van der Waals surface area (Å²) in [5, 5.41) is 200. The van der Waals surface area contributed by atoms with Crippen LogP contribution in [-0.2, 0) is 61.6 Å². The van der Waals surface area contributed by atoms with Crippen LogP contribution in [0.25, 0.3) is 0 Å². The molecule has 0 unspecified atom stereocenters. The molecule has 540 valence electrons. The second-order valence-corrected chi connectivity index (χ2v) is 30.6. The maximum Gasteiger partial charge on any atom is 0.317 e. The van der Waals surface area contributed by atoms with Crippen molar-refractivity contribution in [3.63, 3.8) is 0 Å². The molecule has 11 rings (SSSR count). The van der Waals surface area contributed by atoms with Crippen LogP contribution >= 0.6 is 0 Å². The minimum atomic E-state index is -2.00. The highest BCUT2D eigenvalue weighted by Crippen LogP contribution is 2.76. The molecule has 6 heterocycles. The molecule has 10 fully saturated rings. The number of aliphatic hydroxyl groups excluding tert-OH is 18. The standard InChI is InChI=1S/C63H102O31/c1-23-35(71)39(75)42(78)53(86-23)90-47-30(69)21-84-52(44(47)80)89-46-24(2)87-54(43(79)40(46)76)92-49-37(73)29(68)20-85-56(49)94-57(82)63-14-13-58(3,4)15-26(63)25-9-10-33-59(5)16-27(66)50(60(6,22-65)32(59)11-12-61(33,7)62(25,8)17-34(63)70)93-55-45(81)48(38(74)31(18-64)88-55)91-51-41(77)36(72)28(67)19-83-51/h9,23-24,26-56,64-81H,10-22H2,1-8H3/t23-,24+,26+,27-,28-,29+,30-,31+,32+,33+,34+,35-,36+,37+,38+,39+,40-,41+,42-,43-,44-,45-,46-,47-,48+,49+,50-,51-,52+,53-,54+,55+,56-,59+,60+,61-,62+,63-/m1/s1. The van der Waals surface area contributed by atoms with E-state index in [1.165, 1.54) is 13.8 Å². The Kier molecular flexibility index (Phi) is 21.1. The van der Waals surface area contributed by atoms with Gasteiger partial charge in [-0.05, 0) is 105 Å². The van der Waals surface area contributed by atoms with E-state index in [4.69, 9.17) is 56.8 Å². The average Bonchev–Trinajstić information content (AvgIpc) is 0.670. The summed E-state index contributed by atoms with van der Waals surface area (Å²) in [5.41, 5.74) is -4.38. The summed E-state index contributed by atoms with van der Waals surface area (Å²) in [6.45, 7) is 12.5. The molecular formula is C63H102O31. The van der Waals surface area contributed by atoms with Gasteiger partial charge in [-0.25, -0.2) is 0 Å². The zero-order valence-electron chi connectivity index (χ0n) is 54.2. The molecule has 6 saturated heterocycles. The highest BCUT2D eigenvalue weighted by Gasteiger charge is 2.73. The van der Waals surface area contributed by atoms with Crippen LogP contribution in [0.3, 0.4) is 0 Å². The summed E-state index contributed by atoms with van der Waals surface area (Å²) in [7, 11) is 0. The van der Waals surface area contributed by atoms with E-state index in [1.807, 2.05) is 0 Å². The van der Waals surface area contributed by atoms with Crippen molar-refractivity contribution in [2.24, 2.45) is 50.2 Å². The second-order valence-electron chi connectivity index (χ2n) is 30.6. The van der Waals surface area contributed by atoms with Gasteiger partial charge in [-0.15, -0.1) is 0 Å². The van der Waals surface area contributed by atoms with E-state index < -0.39 is 256 Å². The van der Waals surface area contributed by atoms with Gasteiger partial charge in [0.1, 0.15) is 115 Å². The Morgan fingerprint density at radius 1 is 0.500 bits per heavy atom. The maximum atomic E-state index is 15.5. The summed E-state index contributed by atoms with van der Waals surface area (Å²) in [6, 6.07) is 0. The van der Waals surface area contributed by atoms with Crippen LogP contribution in [0.1, 0.15) is 107 Å². The monoisotopic (exact) mass is 1350 g/mol. The number of ether oxygens (including phenoxy) is 12. The molecule has 0 aromatic carbocycles. The smallest absolute Gasteiger partial charge is 0.317 e. The first kappa shape index (κ1) is 73.3. The fraction of sp³-hybridized carbons (Fsp3) is 0.952. The van der Waals surface area contributed by atoms with Gasteiger partial charge in [-0.3, -0.25) is 4.79 Å². The van der Waals surface area contributed by atoms with Crippen LogP contribution in [0.5, 0.6) is 0 Å². The first-order valence-electron chi connectivity index (χ1n) is 33.1. The molecule has 4 saturated carbocycles. The van der Waals surface area contributed by atoms with E-state index in [0.717, 1.165) is 5.57 Å². The third-order valence-corrected chi connectivity index (χ3v) is 24.5. The summed E-state index contributed by atoms with van der Waals surface area (Å²) < 4.78 is 70.7. The van der Waals surface area contributed by atoms with Gasteiger partial charge < -0.3 is 149 Å². The maximum absolute atomic E-state index is 15.5. The number of carbonyl (C=O) groups excluding carboxylic acids is 1. The van der Waals surface area contributed by atoms with Gasteiger partial charge in [0.25, 0.3) is 0 Å². The lowest BCUT2D eigenvalue weighted by atomic mass is 9.33. The first-order chi connectivity index (χ1) is 44.0. The van der Waals surface area contributed by atoms with Crippen molar-refractivity contribution in [3.8, 4) is 0 Å².